The lowest BCUT2D eigenvalue weighted by molar-refractivity contribution is -0.163. The normalized spacial score (nSPS) is 16.8. The van der Waals surface area contributed by atoms with Crippen LogP contribution in [0.15, 0.2) is 18.3 Å². The van der Waals surface area contributed by atoms with Crippen LogP contribution < -0.4 is 5.32 Å². The second-order valence-corrected chi connectivity index (χ2v) is 4.27. The molecule has 8 heteroatoms. The Morgan fingerprint density at radius 2 is 1.95 bits per heavy atom. The zero-order chi connectivity index (χ0) is 14.3. The van der Waals surface area contributed by atoms with E-state index in [1.54, 1.807) is 0 Å². The predicted octanol–water partition coefficient (Wildman–Crippen LogP) is 1.60. The number of nitrogens with zero attached hydrogens (tertiary/aromatic N) is 1. The van der Waals surface area contributed by atoms with Crippen LogP contribution in [0.3, 0.4) is 0 Å². The Morgan fingerprint density at radius 1 is 1.32 bits per heavy atom. The molecule has 2 rings (SSSR count). The molecule has 0 aliphatic heterocycles. The van der Waals surface area contributed by atoms with Crippen molar-refractivity contribution < 1.29 is 27.9 Å². The average Bonchev–Trinajstić information content (AvgIpc) is 3.09. The van der Waals surface area contributed by atoms with E-state index in [4.69, 9.17) is 5.11 Å². The molecular formula is C11H9F3N2O3. The van der Waals surface area contributed by atoms with E-state index in [2.05, 4.69) is 4.98 Å². The Labute approximate surface area is 105 Å². The van der Waals surface area contributed by atoms with Gasteiger partial charge in [0, 0.05) is 6.20 Å². The number of nitrogens with one attached hydrogen (secondary N) is 1. The van der Waals surface area contributed by atoms with E-state index in [9.17, 15) is 22.8 Å². The van der Waals surface area contributed by atoms with Gasteiger partial charge in [-0.1, -0.05) is 0 Å². The van der Waals surface area contributed by atoms with Crippen molar-refractivity contribution >= 4 is 11.9 Å². The van der Waals surface area contributed by atoms with Crippen molar-refractivity contribution in [2.75, 3.05) is 0 Å². The first-order valence-electron chi connectivity index (χ1n) is 5.34. The number of carbonyl (C=O) groups excluding carboxylic acids is 1. The number of carboxylic acid groups (broad SMARTS) is 1. The summed E-state index contributed by atoms with van der Waals surface area (Å²) in [7, 11) is 0. The summed E-state index contributed by atoms with van der Waals surface area (Å²) in [5, 5.41) is 10.5. The van der Waals surface area contributed by atoms with Crippen LogP contribution in [0.5, 0.6) is 0 Å². The summed E-state index contributed by atoms with van der Waals surface area (Å²) in [6.07, 6.45) is -3.89. The number of rotatable bonds is 3. The number of aromatic carboxylic acids is 1. The SMILES string of the molecule is O=C(O)c1ccc(C(=O)NC2(C(F)(F)F)CC2)nc1. The van der Waals surface area contributed by atoms with E-state index < -0.39 is 23.6 Å². The molecular weight excluding hydrogens is 265 g/mol. The molecule has 1 saturated carbocycles. The van der Waals surface area contributed by atoms with Crippen molar-refractivity contribution in [3.05, 3.63) is 29.6 Å². The van der Waals surface area contributed by atoms with E-state index in [-0.39, 0.29) is 24.1 Å². The third kappa shape index (κ3) is 2.51. The van der Waals surface area contributed by atoms with Crippen LogP contribution >= 0.6 is 0 Å². The second kappa shape index (κ2) is 4.22. The quantitative estimate of drug-likeness (QED) is 0.877. The maximum Gasteiger partial charge on any atom is 0.411 e. The first-order valence-corrected chi connectivity index (χ1v) is 5.34. The Bertz CT molecular complexity index is 521. The summed E-state index contributed by atoms with van der Waals surface area (Å²) in [5.74, 6) is -2.19. The monoisotopic (exact) mass is 274 g/mol. The molecule has 5 nitrogen and oxygen atoms in total. The van der Waals surface area contributed by atoms with Crippen molar-refractivity contribution in [3.8, 4) is 0 Å². The highest BCUT2D eigenvalue weighted by Crippen LogP contribution is 2.48. The molecule has 1 aliphatic carbocycles. The van der Waals surface area contributed by atoms with Gasteiger partial charge >= 0.3 is 12.1 Å². The fraction of sp³-hybridized carbons (Fsp3) is 0.364. The molecule has 1 aromatic rings. The van der Waals surface area contributed by atoms with Crippen LogP contribution in [0.4, 0.5) is 13.2 Å². The maximum atomic E-state index is 12.6. The molecule has 0 aromatic carbocycles. The van der Waals surface area contributed by atoms with Gasteiger partial charge in [0.15, 0.2) is 0 Å². The maximum absolute atomic E-state index is 12.6. The lowest BCUT2D eigenvalue weighted by atomic mass is 10.2. The Balaban J connectivity index is 2.11. The number of alkyl halides is 3. The van der Waals surface area contributed by atoms with Gasteiger partial charge in [0.05, 0.1) is 5.56 Å². The number of amides is 1. The molecule has 0 unspecified atom stereocenters. The summed E-state index contributed by atoms with van der Waals surface area (Å²) in [4.78, 5) is 25.7. The average molecular weight is 274 g/mol. The van der Waals surface area contributed by atoms with Crippen LogP contribution in [0.1, 0.15) is 33.7 Å². The molecule has 19 heavy (non-hydrogen) atoms. The van der Waals surface area contributed by atoms with Crippen LogP contribution in [-0.4, -0.2) is 33.7 Å². The van der Waals surface area contributed by atoms with E-state index in [0.29, 0.717) is 0 Å². The highest BCUT2D eigenvalue weighted by Gasteiger charge is 2.64. The van der Waals surface area contributed by atoms with Crippen LogP contribution in [-0.2, 0) is 0 Å². The van der Waals surface area contributed by atoms with Crippen molar-refractivity contribution in [1.29, 1.82) is 0 Å². The summed E-state index contributed by atoms with van der Waals surface area (Å²) in [6.45, 7) is 0. The minimum Gasteiger partial charge on any atom is -0.478 e. The summed E-state index contributed by atoms with van der Waals surface area (Å²) in [6, 6.07) is 2.18. The number of carbonyl (C=O) groups is 2. The highest BCUT2D eigenvalue weighted by molar-refractivity contribution is 5.94. The fourth-order valence-corrected chi connectivity index (χ4v) is 1.54. The standard InChI is InChI=1S/C11H9F3N2O3/c12-11(13,14)10(3-4-10)16-8(17)7-2-1-6(5-15-7)9(18)19/h1-2,5H,3-4H2,(H,16,17)(H,18,19). The largest absolute Gasteiger partial charge is 0.478 e. The van der Waals surface area contributed by atoms with Gasteiger partial charge in [0.25, 0.3) is 5.91 Å². The molecule has 0 atom stereocenters. The van der Waals surface area contributed by atoms with Crippen molar-refractivity contribution in [3.63, 3.8) is 0 Å². The van der Waals surface area contributed by atoms with E-state index in [1.807, 2.05) is 5.32 Å². The van der Waals surface area contributed by atoms with E-state index in [0.717, 1.165) is 18.3 Å². The van der Waals surface area contributed by atoms with Crippen molar-refractivity contribution in [2.24, 2.45) is 0 Å². The zero-order valence-corrected chi connectivity index (χ0v) is 9.49. The minimum absolute atomic E-state index is 0.145. The van der Waals surface area contributed by atoms with Gasteiger partial charge in [-0.05, 0) is 25.0 Å². The fourth-order valence-electron chi connectivity index (χ4n) is 1.54. The molecule has 102 valence electrons. The predicted molar refractivity (Wildman–Crippen MR) is 56.7 cm³/mol. The number of hydrogen-bond acceptors (Lipinski definition) is 3. The first-order chi connectivity index (χ1) is 8.75. The van der Waals surface area contributed by atoms with E-state index >= 15 is 0 Å². The van der Waals surface area contributed by atoms with Gasteiger partial charge in [-0.2, -0.15) is 13.2 Å². The minimum atomic E-state index is -4.50. The van der Waals surface area contributed by atoms with Gasteiger partial charge in [-0.25, -0.2) is 4.79 Å². The lowest BCUT2D eigenvalue weighted by Gasteiger charge is -2.20. The topological polar surface area (TPSA) is 79.3 Å². The molecule has 1 amide bonds. The molecule has 2 N–H and O–H groups in total. The summed E-state index contributed by atoms with van der Waals surface area (Å²) in [5.41, 5.74) is -2.55. The van der Waals surface area contributed by atoms with Crippen LogP contribution in [0.25, 0.3) is 0 Å². The van der Waals surface area contributed by atoms with Gasteiger partial charge in [-0.3, -0.25) is 9.78 Å². The zero-order valence-electron chi connectivity index (χ0n) is 9.49. The molecule has 1 fully saturated rings. The summed E-state index contributed by atoms with van der Waals surface area (Å²) >= 11 is 0. The van der Waals surface area contributed by atoms with Gasteiger partial charge in [0.2, 0.25) is 0 Å². The Hall–Kier alpha value is -2.12. The van der Waals surface area contributed by atoms with Crippen LogP contribution in [0.2, 0.25) is 0 Å². The van der Waals surface area contributed by atoms with Crippen molar-refractivity contribution in [1.82, 2.24) is 10.3 Å². The lowest BCUT2D eigenvalue weighted by Crippen LogP contribution is -2.48. The molecule has 1 aliphatic rings. The number of carboxylic acids is 1. The van der Waals surface area contributed by atoms with Crippen molar-refractivity contribution in [2.45, 2.75) is 24.6 Å². The Kier molecular flexibility index (Phi) is 2.95. The summed E-state index contributed by atoms with van der Waals surface area (Å²) < 4.78 is 37.9. The molecule has 0 spiro atoms. The van der Waals surface area contributed by atoms with Crippen LogP contribution in [0, 0.1) is 0 Å². The second-order valence-electron chi connectivity index (χ2n) is 4.27. The van der Waals surface area contributed by atoms with E-state index in [1.165, 1.54) is 0 Å². The number of hydrogen-bond donors (Lipinski definition) is 2. The number of halogens is 3. The Morgan fingerprint density at radius 3 is 2.32 bits per heavy atom. The van der Waals surface area contributed by atoms with Gasteiger partial charge in [-0.15, -0.1) is 0 Å². The van der Waals surface area contributed by atoms with Gasteiger partial charge in [0.1, 0.15) is 11.2 Å². The molecule has 0 saturated heterocycles. The number of pyridine rings is 1. The molecule has 1 aromatic heterocycles. The molecule has 1 heterocycles. The molecule has 0 radical (unpaired) electrons. The third-order valence-electron chi connectivity index (χ3n) is 2.89. The number of aromatic nitrogens is 1. The highest BCUT2D eigenvalue weighted by atomic mass is 19.4. The molecule has 0 bridgehead atoms. The third-order valence-corrected chi connectivity index (χ3v) is 2.89. The van der Waals surface area contributed by atoms with Gasteiger partial charge < -0.3 is 10.4 Å². The smallest absolute Gasteiger partial charge is 0.411 e. The first kappa shape index (κ1) is 13.3.